The molecular formula is C20H22N2O2S. The van der Waals surface area contributed by atoms with E-state index < -0.39 is 0 Å². The van der Waals surface area contributed by atoms with Crippen LogP contribution in [0.4, 0.5) is 5.69 Å². The van der Waals surface area contributed by atoms with E-state index in [9.17, 15) is 9.59 Å². The summed E-state index contributed by atoms with van der Waals surface area (Å²) in [6, 6.07) is 10.9. The van der Waals surface area contributed by atoms with E-state index in [4.69, 9.17) is 0 Å². The molecule has 130 valence electrons. The highest BCUT2D eigenvalue weighted by atomic mass is 32.2. The number of hydrogen-bond acceptors (Lipinski definition) is 4. The SMILES string of the molecule is CC1(C(=O)Nc2ccccc2SC(=O)c2cccnc2)CCCCC1. The molecule has 5 heteroatoms. The van der Waals surface area contributed by atoms with Gasteiger partial charge in [-0.3, -0.25) is 14.6 Å². The quantitative estimate of drug-likeness (QED) is 0.792. The highest BCUT2D eigenvalue weighted by Crippen LogP contribution is 2.38. The van der Waals surface area contributed by atoms with Crippen LogP contribution in [0.5, 0.6) is 0 Å². The van der Waals surface area contributed by atoms with Crippen LogP contribution >= 0.6 is 11.8 Å². The van der Waals surface area contributed by atoms with Crippen molar-refractivity contribution in [3.8, 4) is 0 Å². The van der Waals surface area contributed by atoms with Crippen LogP contribution in [0.2, 0.25) is 0 Å². The van der Waals surface area contributed by atoms with Gasteiger partial charge in [-0.15, -0.1) is 0 Å². The van der Waals surface area contributed by atoms with E-state index >= 15 is 0 Å². The first-order chi connectivity index (χ1) is 12.1. The lowest BCUT2D eigenvalue weighted by atomic mass is 9.75. The van der Waals surface area contributed by atoms with Crippen molar-refractivity contribution in [3.05, 3.63) is 54.4 Å². The molecule has 1 amide bonds. The van der Waals surface area contributed by atoms with Crippen LogP contribution in [0.3, 0.4) is 0 Å². The van der Waals surface area contributed by atoms with Crippen molar-refractivity contribution in [3.63, 3.8) is 0 Å². The Morgan fingerprint density at radius 3 is 2.56 bits per heavy atom. The number of rotatable bonds is 4. The third-order valence-electron chi connectivity index (χ3n) is 4.74. The van der Waals surface area contributed by atoms with Gasteiger partial charge in [0.2, 0.25) is 11.0 Å². The van der Waals surface area contributed by atoms with Gasteiger partial charge in [-0.2, -0.15) is 0 Å². The van der Waals surface area contributed by atoms with E-state index in [1.54, 1.807) is 24.5 Å². The molecule has 4 nitrogen and oxygen atoms in total. The standard InChI is InChI=1S/C20H22N2O2S/c1-20(11-5-2-6-12-20)19(24)22-16-9-3-4-10-17(16)25-18(23)15-8-7-13-21-14-15/h3-4,7-10,13-14H,2,5-6,11-12H2,1H3,(H,22,24). The van der Waals surface area contributed by atoms with E-state index in [-0.39, 0.29) is 16.4 Å². The maximum atomic E-state index is 12.8. The minimum absolute atomic E-state index is 0.0501. The van der Waals surface area contributed by atoms with Gasteiger partial charge in [0.25, 0.3) is 0 Å². The van der Waals surface area contributed by atoms with E-state index in [1.807, 2.05) is 31.2 Å². The van der Waals surface area contributed by atoms with Gasteiger partial charge in [0.05, 0.1) is 5.69 Å². The molecule has 0 radical (unpaired) electrons. The largest absolute Gasteiger partial charge is 0.325 e. The number of benzene rings is 1. The van der Waals surface area contributed by atoms with E-state index in [0.29, 0.717) is 11.3 Å². The van der Waals surface area contributed by atoms with E-state index in [1.165, 1.54) is 6.42 Å². The van der Waals surface area contributed by atoms with Gasteiger partial charge in [0, 0.05) is 28.3 Å². The fourth-order valence-electron chi connectivity index (χ4n) is 3.13. The Morgan fingerprint density at radius 1 is 1.08 bits per heavy atom. The van der Waals surface area contributed by atoms with Crippen LogP contribution in [0.15, 0.2) is 53.7 Å². The number of hydrogen-bond donors (Lipinski definition) is 1. The number of carbonyl (C=O) groups excluding carboxylic acids is 2. The summed E-state index contributed by atoms with van der Waals surface area (Å²) in [5.41, 5.74) is 0.929. The summed E-state index contributed by atoms with van der Waals surface area (Å²) in [4.78, 5) is 29.9. The molecule has 1 fully saturated rings. The molecule has 0 saturated heterocycles. The summed E-state index contributed by atoms with van der Waals surface area (Å²) in [5.74, 6) is 0.0501. The minimum atomic E-state index is -0.316. The number of thioether (sulfide) groups is 1. The molecule has 0 atom stereocenters. The summed E-state index contributed by atoms with van der Waals surface area (Å²) < 4.78 is 0. The molecule has 25 heavy (non-hydrogen) atoms. The van der Waals surface area contributed by atoms with Crippen LogP contribution in [-0.2, 0) is 4.79 Å². The second-order valence-corrected chi connectivity index (χ2v) is 7.72. The number of pyridine rings is 1. The highest BCUT2D eigenvalue weighted by molar-refractivity contribution is 8.14. The Balaban J connectivity index is 1.75. The van der Waals surface area contributed by atoms with Crippen LogP contribution in [0.1, 0.15) is 49.4 Å². The molecule has 0 aliphatic heterocycles. The number of carbonyl (C=O) groups is 2. The lowest BCUT2D eigenvalue weighted by molar-refractivity contribution is -0.126. The molecule has 0 unspecified atom stereocenters. The third-order valence-corrected chi connectivity index (χ3v) is 5.74. The molecule has 0 bridgehead atoms. The normalized spacial score (nSPS) is 16.2. The number of aromatic nitrogens is 1. The average Bonchev–Trinajstić information content (AvgIpc) is 2.64. The van der Waals surface area contributed by atoms with Crippen molar-refractivity contribution in [2.24, 2.45) is 5.41 Å². The summed E-state index contributed by atoms with van der Waals surface area (Å²) >= 11 is 1.12. The molecule has 2 aromatic rings. The predicted molar refractivity (Wildman–Crippen MR) is 101 cm³/mol. The van der Waals surface area contributed by atoms with Crippen molar-refractivity contribution in [1.29, 1.82) is 0 Å². The van der Waals surface area contributed by atoms with E-state index in [2.05, 4.69) is 10.3 Å². The number of amides is 1. The maximum Gasteiger partial charge on any atom is 0.230 e. The van der Waals surface area contributed by atoms with Gasteiger partial charge in [-0.25, -0.2) is 0 Å². The molecule has 0 spiro atoms. The molecule has 3 rings (SSSR count). The maximum absolute atomic E-state index is 12.8. The van der Waals surface area contributed by atoms with Gasteiger partial charge in [0.1, 0.15) is 0 Å². The summed E-state index contributed by atoms with van der Waals surface area (Å²) in [5, 5.41) is 2.97. The Labute approximate surface area is 152 Å². The number of para-hydroxylation sites is 1. The van der Waals surface area contributed by atoms with Gasteiger partial charge >= 0.3 is 0 Å². The van der Waals surface area contributed by atoms with Crippen molar-refractivity contribution in [2.75, 3.05) is 5.32 Å². The third kappa shape index (κ3) is 4.28. The van der Waals surface area contributed by atoms with Gasteiger partial charge in [0.15, 0.2) is 0 Å². The first-order valence-corrected chi connectivity index (χ1v) is 9.43. The van der Waals surface area contributed by atoms with Crippen molar-refractivity contribution in [1.82, 2.24) is 4.98 Å². The summed E-state index contributed by atoms with van der Waals surface area (Å²) in [7, 11) is 0. The molecule has 1 heterocycles. The first-order valence-electron chi connectivity index (χ1n) is 8.61. The lowest BCUT2D eigenvalue weighted by Crippen LogP contribution is -2.35. The molecule has 1 aromatic carbocycles. The molecule has 1 saturated carbocycles. The second kappa shape index (κ2) is 7.83. The predicted octanol–water partition coefficient (Wildman–Crippen LogP) is 4.92. The van der Waals surface area contributed by atoms with Crippen LogP contribution < -0.4 is 5.32 Å². The molecule has 1 aliphatic rings. The second-order valence-electron chi connectivity index (χ2n) is 6.70. The summed E-state index contributed by atoms with van der Waals surface area (Å²) in [6.45, 7) is 2.04. The smallest absolute Gasteiger partial charge is 0.230 e. The van der Waals surface area contributed by atoms with Gasteiger partial charge in [-0.1, -0.05) is 38.3 Å². The van der Waals surface area contributed by atoms with Crippen LogP contribution in [0.25, 0.3) is 0 Å². The summed E-state index contributed by atoms with van der Waals surface area (Å²) in [6.07, 6.45) is 8.43. The molecule has 1 aromatic heterocycles. The average molecular weight is 354 g/mol. The zero-order valence-electron chi connectivity index (χ0n) is 14.3. The zero-order chi connectivity index (χ0) is 17.7. The highest BCUT2D eigenvalue weighted by Gasteiger charge is 2.34. The van der Waals surface area contributed by atoms with Gasteiger partial charge in [-0.05, 0) is 48.9 Å². The number of anilines is 1. The Morgan fingerprint density at radius 2 is 1.84 bits per heavy atom. The minimum Gasteiger partial charge on any atom is -0.325 e. The van der Waals surface area contributed by atoms with Gasteiger partial charge < -0.3 is 5.32 Å². The molecule has 1 N–H and O–H groups in total. The van der Waals surface area contributed by atoms with Crippen molar-refractivity contribution < 1.29 is 9.59 Å². The fraction of sp³-hybridized carbons (Fsp3) is 0.350. The first kappa shape index (κ1) is 17.7. The Hall–Kier alpha value is -2.14. The Kier molecular flexibility index (Phi) is 5.53. The van der Waals surface area contributed by atoms with Crippen LogP contribution in [0, 0.1) is 5.41 Å². The fourth-order valence-corrected chi connectivity index (χ4v) is 3.95. The monoisotopic (exact) mass is 354 g/mol. The lowest BCUT2D eigenvalue weighted by Gasteiger charge is -2.32. The van der Waals surface area contributed by atoms with Crippen molar-refractivity contribution in [2.45, 2.75) is 43.9 Å². The Bertz CT molecular complexity index is 755. The number of nitrogens with zero attached hydrogens (tertiary/aromatic N) is 1. The molecular weight excluding hydrogens is 332 g/mol. The topological polar surface area (TPSA) is 59.1 Å². The van der Waals surface area contributed by atoms with Crippen molar-refractivity contribution >= 4 is 28.5 Å². The molecule has 1 aliphatic carbocycles. The number of nitrogens with one attached hydrogen (secondary N) is 1. The van der Waals surface area contributed by atoms with E-state index in [0.717, 1.165) is 42.3 Å². The van der Waals surface area contributed by atoms with Crippen LogP contribution in [-0.4, -0.2) is 16.0 Å². The zero-order valence-corrected chi connectivity index (χ0v) is 15.1.